The van der Waals surface area contributed by atoms with E-state index in [0.717, 1.165) is 30.9 Å². The van der Waals surface area contributed by atoms with E-state index in [1.165, 1.54) is 0 Å². The third-order valence-corrected chi connectivity index (χ3v) is 3.60. The minimum Gasteiger partial charge on any atom is -0.494 e. The van der Waals surface area contributed by atoms with Crippen LogP contribution < -0.4 is 10.1 Å². The van der Waals surface area contributed by atoms with E-state index in [-0.39, 0.29) is 5.91 Å². The molecule has 1 fully saturated rings. The van der Waals surface area contributed by atoms with Crippen LogP contribution in [0.5, 0.6) is 5.75 Å². The number of hydrogen-bond donors (Lipinski definition) is 1. The molecule has 1 aromatic carbocycles. The number of ether oxygens (including phenoxy) is 3. The molecule has 0 aromatic heterocycles. The molecule has 2 rings (SSSR count). The molecule has 1 N–H and O–H groups in total. The van der Waals surface area contributed by atoms with E-state index < -0.39 is 5.79 Å². The predicted molar refractivity (Wildman–Crippen MR) is 83.9 cm³/mol. The summed E-state index contributed by atoms with van der Waals surface area (Å²) in [4.78, 5) is 11.9. The van der Waals surface area contributed by atoms with Gasteiger partial charge in [0.15, 0.2) is 5.79 Å². The molecule has 22 heavy (non-hydrogen) atoms. The highest BCUT2D eigenvalue weighted by molar-refractivity contribution is 5.78. The molecule has 0 atom stereocenters. The second-order valence-electron chi connectivity index (χ2n) is 5.54. The van der Waals surface area contributed by atoms with Crippen molar-refractivity contribution < 1.29 is 19.0 Å². The van der Waals surface area contributed by atoms with Crippen LogP contribution in [0.3, 0.4) is 0 Å². The van der Waals surface area contributed by atoms with Gasteiger partial charge in [0, 0.05) is 13.0 Å². The van der Waals surface area contributed by atoms with E-state index >= 15 is 0 Å². The van der Waals surface area contributed by atoms with Gasteiger partial charge in [-0.3, -0.25) is 4.79 Å². The first-order valence-electron chi connectivity index (χ1n) is 7.88. The van der Waals surface area contributed by atoms with E-state index in [9.17, 15) is 4.79 Å². The number of benzene rings is 1. The van der Waals surface area contributed by atoms with Gasteiger partial charge >= 0.3 is 0 Å². The first-order chi connectivity index (χ1) is 10.6. The van der Waals surface area contributed by atoms with Crippen LogP contribution in [-0.4, -0.2) is 38.1 Å². The minimum atomic E-state index is -0.565. The fourth-order valence-electron chi connectivity index (χ4n) is 2.37. The van der Waals surface area contributed by atoms with Crippen LogP contribution in [0.2, 0.25) is 0 Å². The Morgan fingerprint density at radius 3 is 2.59 bits per heavy atom. The average molecular weight is 307 g/mol. The number of carbonyl (C=O) groups is 1. The van der Waals surface area contributed by atoms with Crippen LogP contribution in [0.1, 0.15) is 32.3 Å². The zero-order valence-corrected chi connectivity index (χ0v) is 13.4. The average Bonchev–Trinajstić information content (AvgIpc) is 2.50. The van der Waals surface area contributed by atoms with Crippen molar-refractivity contribution in [3.8, 4) is 5.75 Å². The molecule has 1 amide bonds. The smallest absolute Gasteiger partial charge is 0.224 e. The van der Waals surface area contributed by atoms with Crippen molar-refractivity contribution >= 4 is 5.91 Å². The van der Waals surface area contributed by atoms with Gasteiger partial charge in [0.1, 0.15) is 5.75 Å². The Morgan fingerprint density at radius 2 is 1.95 bits per heavy atom. The number of carbonyl (C=O) groups excluding carboxylic acids is 1. The number of nitrogens with one attached hydrogen (secondary N) is 1. The van der Waals surface area contributed by atoms with Crippen molar-refractivity contribution in [2.45, 2.75) is 38.9 Å². The summed E-state index contributed by atoms with van der Waals surface area (Å²) in [6, 6.07) is 7.60. The lowest BCUT2D eigenvalue weighted by Gasteiger charge is -2.33. The molecule has 0 unspecified atom stereocenters. The monoisotopic (exact) mass is 307 g/mol. The van der Waals surface area contributed by atoms with Gasteiger partial charge in [0.05, 0.1) is 26.2 Å². The zero-order valence-electron chi connectivity index (χ0n) is 13.4. The predicted octanol–water partition coefficient (Wildman–Crippen LogP) is 2.29. The van der Waals surface area contributed by atoms with Gasteiger partial charge in [-0.15, -0.1) is 0 Å². The number of rotatable bonds is 7. The summed E-state index contributed by atoms with van der Waals surface area (Å²) in [5.74, 6) is 0.264. The lowest BCUT2D eigenvalue weighted by atomic mass is 10.1. The first kappa shape index (κ1) is 16.8. The summed E-state index contributed by atoms with van der Waals surface area (Å²) in [6.07, 6.45) is 1.95. The van der Waals surface area contributed by atoms with E-state index in [1.807, 2.05) is 38.1 Å². The van der Waals surface area contributed by atoms with Gasteiger partial charge in [0.25, 0.3) is 0 Å². The van der Waals surface area contributed by atoms with Crippen LogP contribution >= 0.6 is 0 Å². The quantitative estimate of drug-likeness (QED) is 0.839. The zero-order chi connectivity index (χ0) is 15.8. The molecule has 1 aliphatic rings. The third kappa shape index (κ3) is 5.31. The highest BCUT2D eigenvalue weighted by atomic mass is 16.7. The lowest BCUT2D eigenvalue weighted by molar-refractivity contribution is -0.257. The molecule has 5 nitrogen and oxygen atoms in total. The van der Waals surface area contributed by atoms with E-state index in [0.29, 0.717) is 26.0 Å². The van der Waals surface area contributed by atoms with Crippen LogP contribution in [0, 0.1) is 0 Å². The number of amides is 1. The minimum absolute atomic E-state index is 0.00330. The molecular formula is C17H25NO4. The standard InChI is InChI=1S/C17H25NO4/c1-3-20-15-7-5-14(6-8-15)13-16(19)18-10-9-17(2)21-11-4-12-22-17/h5-8H,3-4,9-13H2,1-2H3,(H,18,19). The Balaban J connectivity index is 1.71. The topological polar surface area (TPSA) is 56.8 Å². The molecule has 122 valence electrons. The molecule has 1 aromatic rings. The Morgan fingerprint density at radius 1 is 1.27 bits per heavy atom. The maximum Gasteiger partial charge on any atom is 0.224 e. The normalized spacial score (nSPS) is 17.0. The maximum atomic E-state index is 11.9. The highest BCUT2D eigenvalue weighted by Gasteiger charge is 2.28. The van der Waals surface area contributed by atoms with Gasteiger partial charge in [-0.2, -0.15) is 0 Å². The van der Waals surface area contributed by atoms with Crippen LogP contribution in [0.15, 0.2) is 24.3 Å². The molecule has 0 bridgehead atoms. The number of hydrogen-bond acceptors (Lipinski definition) is 4. The molecular weight excluding hydrogens is 282 g/mol. The fraction of sp³-hybridized carbons (Fsp3) is 0.588. The lowest BCUT2D eigenvalue weighted by Crippen LogP contribution is -2.41. The Bertz CT molecular complexity index is 466. The van der Waals surface area contributed by atoms with Gasteiger partial charge in [0.2, 0.25) is 5.91 Å². The van der Waals surface area contributed by atoms with Gasteiger partial charge < -0.3 is 19.5 Å². The molecule has 1 aliphatic heterocycles. The van der Waals surface area contributed by atoms with Crippen LogP contribution in [-0.2, 0) is 20.7 Å². The third-order valence-electron chi connectivity index (χ3n) is 3.60. The van der Waals surface area contributed by atoms with Crippen molar-refractivity contribution in [1.29, 1.82) is 0 Å². The van der Waals surface area contributed by atoms with Crippen molar-refractivity contribution in [2.75, 3.05) is 26.4 Å². The molecule has 5 heteroatoms. The van der Waals surface area contributed by atoms with Gasteiger partial charge in [-0.25, -0.2) is 0 Å². The van der Waals surface area contributed by atoms with Crippen LogP contribution in [0.4, 0.5) is 0 Å². The van der Waals surface area contributed by atoms with E-state index in [2.05, 4.69) is 5.32 Å². The molecule has 0 aliphatic carbocycles. The SMILES string of the molecule is CCOc1ccc(CC(=O)NCCC2(C)OCCCO2)cc1. The Kier molecular flexibility index (Phi) is 6.21. The maximum absolute atomic E-state index is 11.9. The van der Waals surface area contributed by atoms with E-state index in [4.69, 9.17) is 14.2 Å². The first-order valence-corrected chi connectivity index (χ1v) is 7.88. The van der Waals surface area contributed by atoms with Gasteiger partial charge in [-0.1, -0.05) is 12.1 Å². The molecule has 0 radical (unpaired) electrons. The largest absolute Gasteiger partial charge is 0.494 e. The van der Waals surface area contributed by atoms with Gasteiger partial charge in [-0.05, 0) is 38.0 Å². The second-order valence-corrected chi connectivity index (χ2v) is 5.54. The summed E-state index contributed by atoms with van der Waals surface area (Å²) in [5.41, 5.74) is 0.970. The summed E-state index contributed by atoms with van der Waals surface area (Å²) < 4.78 is 16.6. The van der Waals surface area contributed by atoms with Crippen molar-refractivity contribution in [1.82, 2.24) is 5.32 Å². The molecule has 1 saturated heterocycles. The Labute approximate surface area is 131 Å². The van der Waals surface area contributed by atoms with Crippen molar-refractivity contribution in [3.63, 3.8) is 0 Å². The molecule has 1 heterocycles. The fourth-order valence-corrected chi connectivity index (χ4v) is 2.37. The highest BCUT2D eigenvalue weighted by Crippen LogP contribution is 2.21. The summed E-state index contributed by atoms with van der Waals surface area (Å²) in [7, 11) is 0. The Hall–Kier alpha value is -1.59. The molecule has 0 saturated carbocycles. The molecule has 0 spiro atoms. The van der Waals surface area contributed by atoms with Crippen molar-refractivity contribution in [3.05, 3.63) is 29.8 Å². The van der Waals surface area contributed by atoms with E-state index in [1.54, 1.807) is 0 Å². The summed E-state index contributed by atoms with van der Waals surface area (Å²) >= 11 is 0. The summed E-state index contributed by atoms with van der Waals surface area (Å²) in [5, 5.41) is 2.91. The van der Waals surface area contributed by atoms with Crippen LogP contribution in [0.25, 0.3) is 0 Å². The second kappa shape index (κ2) is 8.15. The van der Waals surface area contributed by atoms with Crippen molar-refractivity contribution in [2.24, 2.45) is 0 Å². The summed E-state index contributed by atoms with van der Waals surface area (Å²) in [6.45, 7) is 6.49.